The van der Waals surface area contributed by atoms with Gasteiger partial charge < -0.3 is 10.1 Å². The van der Waals surface area contributed by atoms with Crippen molar-refractivity contribution in [2.75, 3.05) is 13.2 Å². The molecule has 0 radical (unpaired) electrons. The van der Waals surface area contributed by atoms with Gasteiger partial charge in [-0.3, -0.25) is 0 Å². The SMILES string of the molecule is c1ccc2c(c1)CC(c1nc([C@@H]3CCCN3)cs1)CO2. The number of thiazole rings is 1. The Balaban J connectivity index is 1.54. The van der Waals surface area contributed by atoms with E-state index in [1.807, 2.05) is 6.07 Å². The maximum atomic E-state index is 5.88. The van der Waals surface area contributed by atoms with Crippen molar-refractivity contribution >= 4 is 11.3 Å². The summed E-state index contributed by atoms with van der Waals surface area (Å²) in [4.78, 5) is 4.86. The second kappa shape index (κ2) is 5.19. The quantitative estimate of drug-likeness (QED) is 0.920. The Morgan fingerprint density at radius 3 is 3.15 bits per heavy atom. The van der Waals surface area contributed by atoms with Crippen molar-refractivity contribution in [1.82, 2.24) is 10.3 Å². The molecule has 3 nitrogen and oxygen atoms in total. The highest BCUT2D eigenvalue weighted by Gasteiger charge is 2.25. The van der Waals surface area contributed by atoms with Crippen LogP contribution >= 0.6 is 11.3 Å². The minimum atomic E-state index is 0.407. The summed E-state index contributed by atoms with van der Waals surface area (Å²) in [6, 6.07) is 8.81. The summed E-state index contributed by atoms with van der Waals surface area (Å²) in [6.07, 6.45) is 3.52. The standard InChI is InChI=1S/C16H18N2OS/c1-2-6-15-11(4-1)8-12(9-19-15)16-18-14(10-20-16)13-5-3-7-17-13/h1-2,4,6,10,12-13,17H,3,5,7-9H2/t12?,13-/m0/s1. The van der Waals surface area contributed by atoms with E-state index in [4.69, 9.17) is 9.72 Å². The van der Waals surface area contributed by atoms with E-state index in [0.29, 0.717) is 12.0 Å². The fourth-order valence-corrected chi connectivity index (χ4v) is 4.03. The highest BCUT2D eigenvalue weighted by molar-refractivity contribution is 7.09. The lowest BCUT2D eigenvalue weighted by Gasteiger charge is -2.23. The number of para-hydroxylation sites is 1. The van der Waals surface area contributed by atoms with Gasteiger partial charge in [0.1, 0.15) is 5.75 Å². The van der Waals surface area contributed by atoms with Gasteiger partial charge >= 0.3 is 0 Å². The molecule has 1 saturated heterocycles. The minimum absolute atomic E-state index is 0.407. The van der Waals surface area contributed by atoms with Crippen LogP contribution in [0.5, 0.6) is 5.75 Å². The monoisotopic (exact) mass is 286 g/mol. The number of hydrogen-bond donors (Lipinski definition) is 1. The summed E-state index contributed by atoms with van der Waals surface area (Å²) in [6.45, 7) is 1.87. The molecular weight excluding hydrogens is 268 g/mol. The Bertz CT molecular complexity index is 604. The van der Waals surface area contributed by atoms with E-state index < -0.39 is 0 Å². The Kier molecular flexibility index (Phi) is 3.20. The zero-order valence-corrected chi connectivity index (χ0v) is 12.2. The molecule has 4 heteroatoms. The number of rotatable bonds is 2. The molecule has 1 aromatic carbocycles. The van der Waals surface area contributed by atoms with Crippen LogP contribution < -0.4 is 10.1 Å². The van der Waals surface area contributed by atoms with E-state index in [2.05, 4.69) is 28.9 Å². The van der Waals surface area contributed by atoms with Crippen LogP contribution in [-0.2, 0) is 6.42 Å². The van der Waals surface area contributed by atoms with Gasteiger partial charge in [0.15, 0.2) is 0 Å². The van der Waals surface area contributed by atoms with Crippen LogP contribution in [0.2, 0.25) is 0 Å². The molecule has 1 fully saturated rings. The second-order valence-electron chi connectivity index (χ2n) is 5.58. The third-order valence-corrected chi connectivity index (χ3v) is 5.21. The van der Waals surface area contributed by atoms with Gasteiger partial charge in [-0.2, -0.15) is 0 Å². The van der Waals surface area contributed by atoms with Crippen molar-refractivity contribution in [3.05, 3.63) is 45.9 Å². The predicted octanol–water partition coefficient (Wildman–Crippen LogP) is 3.29. The van der Waals surface area contributed by atoms with Gasteiger partial charge in [-0.25, -0.2) is 4.98 Å². The molecule has 0 bridgehead atoms. The molecule has 1 aromatic heterocycles. The van der Waals surface area contributed by atoms with E-state index in [1.165, 1.54) is 29.1 Å². The first-order valence-corrected chi connectivity index (χ1v) is 8.17. The zero-order valence-electron chi connectivity index (χ0n) is 11.3. The largest absolute Gasteiger partial charge is 0.493 e. The van der Waals surface area contributed by atoms with Crippen molar-refractivity contribution in [2.24, 2.45) is 0 Å². The van der Waals surface area contributed by atoms with Crippen LogP contribution in [0.1, 0.15) is 41.1 Å². The van der Waals surface area contributed by atoms with Crippen molar-refractivity contribution in [3.8, 4) is 5.75 Å². The number of nitrogens with zero attached hydrogens (tertiary/aromatic N) is 1. The summed E-state index contributed by atoms with van der Waals surface area (Å²) in [5, 5.41) is 6.96. The highest BCUT2D eigenvalue weighted by Crippen LogP contribution is 2.34. The van der Waals surface area contributed by atoms with Crippen molar-refractivity contribution in [2.45, 2.75) is 31.2 Å². The minimum Gasteiger partial charge on any atom is -0.493 e. The van der Waals surface area contributed by atoms with E-state index in [1.54, 1.807) is 11.3 Å². The predicted molar refractivity (Wildman–Crippen MR) is 80.5 cm³/mol. The molecule has 1 unspecified atom stereocenters. The fourth-order valence-electron chi connectivity index (χ4n) is 3.07. The fraction of sp³-hybridized carbons (Fsp3) is 0.438. The molecule has 4 rings (SSSR count). The Labute approximate surface area is 123 Å². The molecule has 2 atom stereocenters. The van der Waals surface area contributed by atoms with Gasteiger partial charge in [0.25, 0.3) is 0 Å². The first kappa shape index (κ1) is 12.4. The molecule has 2 aliphatic rings. The van der Waals surface area contributed by atoms with Crippen LogP contribution in [0.3, 0.4) is 0 Å². The van der Waals surface area contributed by atoms with Gasteiger partial charge in [0.05, 0.1) is 23.4 Å². The second-order valence-corrected chi connectivity index (χ2v) is 6.47. The average molecular weight is 286 g/mol. The van der Waals surface area contributed by atoms with E-state index in [0.717, 1.165) is 25.3 Å². The third kappa shape index (κ3) is 2.23. The number of benzene rings is 1. The average Bonchev–Trinajstić information content (AvgIpc) is 3.17. The molecule has 1 N–H and O–H groups in total. The van der Waals surface area contributed by atoms with E-state index >= 15 is 0 Å². The first-order valence-electron chi connectivity index (χ1n) is 7.29. The lowest BCUT2D eigenvalue weighted by molar-refractivity contribution is 0.262. The molecule has 0 amide bonds. The van der Waals surface area contributed by atoms with Crippen molar-refractivity contribution in [1.29, 1.82) is 0 Å². The van der Waals surface area contributed by atoms with Gasteiger partial charge in [0.2, 0.25) is 0 Å². The van der Waals surface area contributed by atoms with Gasteiger partial charge in [0, 0.05) is 11.3 Å². The number of hydrogen-bond acceptors (Lipinski definition) is 4. The Morgan fingerprint density at radius 1 is 1.30 bits per heavy atom. The summed E-state index contributed by atoms with van der Waals surface area (Å²) < 4.78 is 5.88. The molecule has 104 valence electrons. The van der Waals surface area contributed by atoms with E-state index in [9.17, 15) is 0 Å². The van der Waals surface area contributed by atoms with Crippen LogP contribution in [0, 0.1) is 0 Å². The molecular formula is C16H18N2OS. The molecule has 0 aliphatic carbocycles. The maximum Gasteiger partial charge on any atom is 0.122 e. The topological polar surface area (TPSA) is 34.2 Å². The van der Waals surface area contributed by atoms with Gasteiger partial charge in [-0.05, 0) is 37.4 Å². The zero-order chi connectivity index (χ0) is 13.4. The Morgan fingerprint density at radius 2 is 2.25 bits per heavy atom. The summed E-state index contributed by atoms with van der Waals surface area (Å²) in [5.41, 5.74) is 2.53. The smallest absolute Gasteiger partial charge is 0.122 e. The van der Waals surface area contributed by atoms with Gasteiger partial charge in [-0.15, -0.1) is 11.3 Å². The summed E-state index contributed by atoms with van der Waals surface area (Å²) in [7, 11) is 0. The van der Waals surface area contributed by atoms with Crippen molar-refractivity contribution < 1.29 is 4.74 Å². The molecule has 20 heavy (non-hydrogen) atoms. The molecule has 0 spiro atoms. The number of aromatic nitrogens is 1. The lowest BCUT2D eigenvalue weighted by Crippen LogP contribution is -2.19. The highest BCUT2D eigenvalue weighted by atomic mass is 32.1. The number of ether oxygens (including phenoxy) is 1. The molecule has 3 heterocycles. The first-order chi connectivity index (χ1) is 9.90. The summed E-state index contributed by atoms with van der Waals surface area (Å²) >= 11 is 1.79. The van der Waals surface area contributed by atoms with Crippen LogP contribution in [0.25, 0.3) is 0 Å². The van der Waals surface area contributed by atoms with Crippen LogP contribution in [0.15, 0.2) is 29.6 Å². The van der Waals surface area contributed by atoms with Crippen LogP contribution in [-0.4, -0.2) is 18.1 Å². The lowest BCUT2D eigenvalue weighted by atomic mass is 9.97. The van der Waals surface area contributed by atoms with Crippen molar-refractivity contribution in [3.63, 3.8) is 0 Å². The normalized spacial score (nSPS) is 25.2. The van der Waals surface area contributed by atoms with Gasteiger partial charge in [-0.1, -0.05) is 18.2 Å². The Hall–Kier alpha value is -1.39. The summed E-state index contributed by atoms with van der Waals surface area (Å²) in [5.74, 6) is 1.45. The molecule has 0 saturated carbocycles. The van der Waals surface area contributed by atoms with E-state index in [-0.39, 0.29) is 0 Å². The molecule has 2 aliphatic heterocycles. The molecule has 2 aromatic rings. The van der Waals surface area contributed by atoms with Crippen LogP contribution in [0.4, 0.5) is 0 Å². The maximum absolute atomic E-state index is 5.88. The number of fused-ring (bicyclic) bond motifs is 1. The number of nitrogens with one attached hydrogen (secondary N) is 1. The third-order valence-electron chi connectivity index (χ3n) is 4.19.